The van der Waals surface area contributed by atoms with E-state index in [1.807, 2.05) is 0 Å². The second kappa shape index (κ2) is 6.05. The van der Waals surface area contributed by atoms with Gasteiger partial charge in [-0.1, -0.05) is 20.3 Å². The van der Waals surface area contributed by atoms with Crippen LogP contribution in [0.15, 0.2) is 0 Å². The minimum absolute atomic E-state index is 0.683. The quantitative estimate of drug-likeness (QED) is 0.572. The Morgan fingerprint density at radius 1 is 1.56 bits per heavy atom. The molecule has 2 heteroatoms. The van der Waals surface area contributed by atoms with Crippen molar-refractivity contribution in [1.29, 1.82) is 0 Å². The predicted octanol–water partition coefficient (Wildman–Crippen LogP) is 1.57. The highest BCUT2D eigenvalue weighted by Crippen LogP contribution is 2.03. The maximum atomic E-state index is 5.00. The van der Waals surface area contributed by atoms with E-state index in [4.69, 9.17) is 4.84 Å². The van der Waals surface area contributed by atoms with Gasteiger partial charge in [-0.15, -0.1) is 0 Å². The first-order valence-electron chi connectivity index (χ1n) is 3.59. The van der Waals surface area contributed by atoms with Crippen LogP contribution >= 0.6 is 0 Å². The van der Waals surface area contributed by atoms with Gasteiger partial charge in [-0.05, 0) is 12.3 Å². The average molecular weight is 131 g/mol. The summed E-state index contributed by atoms with van der Waals surface area (Å²) in [7, 11) is 1.79. The summed E-state index contributed by atoms with van der Waals surface area (Å²) in [5.74, 6) is 0.683. The van der Waals surface area contributed by atoms with Crippen LogP contribution in [-0.4, -0.2) is 13.7 Å². The monoisotopic (exact) mass is 131 g/mol. The lowest BCUT2D eigenvalue weighted by Crippen LogP contribution is -2.13. The number of hydroxylamine groups is 1. The van der Waals surface area contributed by atoms with Crippen molar-refractivity contribution in [2.24, 2.45) is 5.92 Å². The molecule has 0 aromatic rings. The van der Waals surface area contributed by atoms with Crippen LogP contribution in [0.3, 0.4) is 0 Å². The maximum Gasteiger partial charge on any atom is 0.0707 e. The molecule has 1 unspecified atom stereocenters. The molecule has 2 nitrogen and oxygen atoms in total. The Hall–Kier alpha value is -0.0800. The largest absolute Gasteiger partial charge is 0.302 e. The molecule has 0 spiro atoms. The highest BCUT2D eigenvalue weighted by molar-refractivity contribution is 4.47. The summed E-state index contributed by atoms with van der Waals surface area (Å²) in [5.41, 5.74) is 2.66. The number of hydrogen-bond acceptors (Lipinski definition) is 2. The van der Waals surface area contributed by atoms with E-state index in [9.17, 15) is 0 Å². The molecule has 0 radical (unpaired) electrons. The van der Waals surface area contributed by atoms with Gasteiger partial charge < -0.3 is 4.84 Å². The number of rotatable bonds is 5. The topological polar surface area (TPSA) is 21.3 Å². The minimum Gasteiger partial charge on any atom is -0.302 e. The number of hydrogen-bond donors (Lipinski definition) is 1. The van der Waals surface area contributed by atoms with Gasteiger partial charge in [0.1, 0.15) is 0 Å². The molecule has 1 atom stereocenters. The fourth-order valence-corrected chi connectivity index (χ4v) is 0.802. The van der Waals surface area contributed by atoms with Gasteiger partial charge in [-0.2, -0.15) is 0 Å². The van der Waals surface area contributed by atoms with Crippen LogP contribution in [0.4, 0.5) is 0 Å². The van der Waals surface area contributed by atoms with Crippen molar-refractivity contribution >= 4 is 0 Å². The SMILES string of the molecule is CCCC(C)CONC. The Kier molecular flexibility index (Phi) is 5.99. The van der Waals surface area contributed by atoms with E-state index < -0.39 is 0 Å². The fourth-order valence-electron chi connectivity index (χ4n) is 0.802. The van der Waals surface area contributed by atoms with Gasteiger partial charge in [0.15, 0.2) is 0 Å². The van der Waals surface area contributed by atoms with E-state index in [0.717, 1.165) is 6.61 Å². The Morgan fingerprint density at radius 2 is 2.22 bits per heavy atom. The Labute approximate surface area is 57.5 Å². The lowest BCUT2D eigenvalue weighted by molar-refractivity contribution is 0.0336. The molecule has 1 N–H and O–H groups in total. The Balaban J connectivity index is 2.95. The summed E-state index contributed by atoms with van der Waals surface area (Å²) in [6.07, 6.45) is 2.50. The van der Waals surface area contributed by atoms with Crippen molar-refractivity contribution in [3.8, 4) is 0 Å². The van der Waals surface area contributed by atoms with E-state index in [1.54, 1.807) is 7.05 Å². The molecule has 0 heterocycles. The van der Waals surface area contributed by atoms with Crippen molar-refractivity contribution in [2.75, 3.05) is 13.7 Å². The number of nitrogens with one attached hydrogen (secondary N) is 1. The van der Waals surface area contributed by atoms with Gasteiger partial charge in [-0.25, -0.2) is 5.48 Å². The lowest BCUT2D eigenvalue weighted by Gasteiger charge is -2.08. The summed E-state index contributed by atoms with van der Waals surface area (Å²) >= 11 is 0. The van der Waals surface area contributed by atoms with E-state index in [0.29, 0.717) is 5.92 Å². The highest BCUT2D eigenvalue weighted by atomic mass is 16.6. The molecule has 0 aromatic heterocycles. The third kappa shape index (κ3) is 5.80. The molecule has 0 bridgehead atoms. The van der Waals surface area contributed by atoms with Gasteiger partial charge >= 0.3 is 0 Å². The molecule has 0 aliphatic carbocycles. The Bertz CT molecular complexity index is 56.9. The summed E-state index contributed by atoms with van der Waals surface area (Å²) in [4.78, 5) is 5.00. The minimum atomic E-state index is 0.683. The first kappa shape index (κ1) is 8.92. The van der Waals surface area contributed by atoms with E-state index in [1.165, 1.54) is 12.8 Å². The zero-order valence-electron chi connectivity index (χ0n) is 6.61. The molecule has 56 valence electrons. The van der Waals surface area contributed by atoms with Crippen molar-refractivity contribution in [2.45, 2.75) is 26.7 Å². The third-order valence-corrected chi connectivity index (χ3v) is 1.29. The summed E-state index contributed by atoms with van der Waals surface area (Å²) < 4.78 is 0. The van der Waals surface area contributed by atoms with E-state index in [2.05, 4.69) is 19.3 Å². The van der Waals surface area contributed by atoms with Gasteiger partial charge in [-0.3, -0.25) is 0 Å². The van der Waals surface area contributed by atoms with Gasteiger partial charge in [0, 0.05) is 7.05 Å². The zero-order chi connectivity index (χ0) is 7.11. The molecule has 0 rings (SSSR count). The van der Waals surface area contributed by atoms with E-state index >= 15 is 0 Å². The predicted molar refractivity (Wildman–Crippen MR) is 39.1 cm³/mol. The fraction of sp³-hybridized carbons (Fsp3) is 1.00. The highest BCUT2D eigenvalue weighted by Gasteiger charge is 1.98. The van der Waals surface area contributed by atoms with Crippen molar-refractivity contribution in [3.05, 3.63) is 0 Å². The van der Waals surface area contributed by atoms with Crippen LogP contribution in [0.5, 0.6) is 0 Å². The molecule has 9 heavy (non-hydrogen) atoms. The Morgan fingerprint density at radius 3 is 2.67 bits per heavy atom. The smallest absolute Gasteiger partial charge is 0.0707 e. The summed E-state index contributed by atoms with van der Waals surface area (Å²) in [5, 5.41) is 0. The third-order valence-electron chi connectivity index (χ3n) is 1.29. The molecule has 0 saturated heterocycles. The molecule has 0 aromatic carbocycles. The first-order chi connectivity index (χ1) is 4.31. The van der Waals surface area contributed by atoms with Crippen molar-refractivity contribution < 1.29 is 4.84 Å². The van der Waals surface area contributed by atoms with Crippen LogP contribution < -0.4 is 5.48 Å². The molecule has 0 amide bonds. The average Bonchev–Trinajstić information content (AvgIpc) is 1.85. The maximum absolute atomic E-state index is 5.00. The lowest BCUT2D eigenvalue weighted by atomic mass is 10.1. The molecular formula is C7H17NO. The van der Waals surface area contributed by atoms with Gasteiger partial charge in [0.05, 0.1) is 6.61 Å². The molecule has 0 aliphatic heterocycles. The van der Waals surface area contributed by atoms with Crippen LogP contribution in [0.25, 0.3) is 0 Å². The van der Waals surface area contributed by atoms with E-state index in [-0.39, 0.29) is 0 Å². The molecular weight excluding hydrogens is 114 g/mol. The molecule has 0 fully saturated rings. The zero-order valence-corrected chi connectivity index (χ0v) is 6.61. The molecule has 0 aliphatic rings. The van der Waals surface area contributed by atoms with Gasteiger partial charge in [0.2, 0.25) is 0 Å². The van der Waals surface area contributed by atoms with Crippen LogP contribution in [0, 0.1) is 5.92 Å². The summed E-state index contributed by atoms with van der Waals surface area (Å²) in [6.45, 7) is 5.21. The second-order valence-corrected chi connectivity index (χ2v) is 2.41. The van der Waals surface area contributed by atoms with Crippen LogP contribution in [0.1, 0.15) is 26.7 Å². The van der Waals surface area contributed by atoms with Crippen molar-refractivity contribution in [3.63, 3.8) is 0 Å². The standard InChI is InChI=1S/C7H17NO/c1-4-5-7(2)6-9-8-3/h7-8H,4-6H2,1-3H3. The van der Waals surface area contributed by atoms with Gasteiger partial charge in [0.25, 0.3) is 0 Å². The normalized spacial score (nSPS) is 13.7. The second-order valence-electron chi connectivity index (χ2n) is 2.41. The first-order valence-corrected chi connectivity index (χ1v) is 3.59. The molecule has 0 saturated carbocycles. The van der Waals surface area contributed by atoms with Crippen LogP contribution in [-0.2, 0) is 4.84 Å². The van der Waals surface area contributed by atoms with Crippen molar-refractivity contribution in [1.82, 2.24) is 5.48 Å². The summed E-state index contributed by atoms with van der Waals surface area (Å²) in [6, 6.07) is 0. The van der Waals surface area contributed by atoms with Crippen LogP contribution in [0.2, 0.25) is 0 Å².